The molecule has 0 bridgehead atoms. The maximum Gasteiger partial charge on any atom is 0.416 e. The average Bonchev–Trinajstić information content (AvgIpc) is 2.51. The molecule has 1 aliphatic rings. The number of pyridine rings is 1. The minimum atomic E-state index is -4.38. The zero-order chi connectivity index (χ0) is 16.6. The number of halogens is 5. The topological polar surface area (TPSA) is 59.2 Å². The highest BCUT2D eigenvalue weighted by atomic mass is 35.5. The lowest BCUT2D eigenvalue weighted by Crippen LogP contribution is -2.48. The lowest BCUT2D eigenvalue weighted by Gasteiger charge is -2.32. The first-order valence-electron chi connectivity index (χ1n) is 7.03. The Morgan fingerprint density at radius 1 is 1.16 bits per heavy atom. The van der Waals surface area contributed by atoms with Gasteiger partial charge in [0.15, 0.2) is 0 Å². The van der Waals surface area contributed by atoms with Crippen LogP contribution in [0.4, 0.5) is 18.9 Å². The summed E-state index contributed by atoms with van der Waals surface area (Å²) in [5, 5.41) is 0. The number of aromatic nitrogens is 1. The minimum absolute atomic E-state index is 0. The second kappa shape index (κ2) is 8.03. The first-order valence-corrected chi connectivity index (χ1v) is 7.03. The van der Waals surface area contributed by atoms with Crippen LogP contribution in [0, 0.1) is 0 Å². The number of nitrogens with two attached hydrogens (primary N) is 1. The number of rotatable bonds is 2. The molecule has 1 atom stereocenters. The molecule has 2 N–H and O–H groups in total. The molecule has 136 valence electrons. The molecule has 0 radical (unpaired) electrons. The molecule has 1 aliphatic heterocycles. The summed E-state index contributed by atoms with van der Waals surface area (Å²) in [5.74, 6) is -0.259. The Kier molecular flexibility index (Phi) is 6.82. The van der Waals surface area contributed by atoms with E-state index >= 15 is 0 Å². The van der Waals surface area contributed by atoms with Gasteiger partial charge in [-0.15, -0.1) is 24.8 Å². The molecular weight excluding hydrogens is 378 g/mol. The van der Waals surface area contributed by atoms with Crippen molar-refractivity contribution in [1.29, 1.82) is 0 Å². The number of fused-ring (bicyclic) bond motifs is 1. The molecule has 1 aromatic carbocycles. The van der Waals surface area contributed by atoms with E-state index in [1.54, 1.807) is 18.3 Å². The van der Waals surface area contributed by atoms with Crippen molar-refractivity contribution in [2.75, 3.05) is 4.90 Å². The van der Waals surface area contributed by atoms with Gasteiger partial charge in [-0.05, 0) is 29.8 Å². The first-order chi connectivity index (χ1) is 10.9. The Hall–Kier alpha value is -1.83. The van der Waals surface area contributed by atoms with E-state index in [4.69, 9.17) is 5.73 Å². The predicted molar refractivity (Wildman–Crippen MR) is 93.0 cm³/mol. The lowest BCUT2D eigenvalue weighted by molar-refractivity contribution is -0.137. The van der Waals surface area contributed by atoms with Crippen molar-refractivity contribution in [3.8, 4) is 0 Å². The molecule has 0 aliphatic carbocycles. The standard InChI is InChI=1S/C16H14F3N3O.2ClH/c17-16(18,19)11-5-3-10(4-6-11)9-22-14-2-1-7-21-13(14)8-12(20)15(22)23;;/h1-7,12H,8-9,20H2;2*1H. The van der Waals surface area contributed by atoms with Crippen molar-refractivity contribution in [2.24, 2.45) is 5.73 Å². The van der Waals surface area contributed by atoms with Gasteiger partial charge >= 0.3 is 6.18 Å². The van der Waals surface area contributed by atoms with E-state index in [-0.39, 0.29) is 37.3 Å². The first kappa shape index (κ1) is 21.2. The fraction of sp³-hybridized carbons (Fsp3) is 0.250. The molecule has 4 nitrogen and oxygen atoms in total. The second-order valence-corrected chi connectivity index (χ2v) is 5.40. The Morgan fingerprint density at radius 2 is 1.80 bits per heavy atom. The number of carbonyl (C=O) groups is 1. The highest BCUT2D eigenvalue weighted by molar-refractivity contribution is 5.99. The third kappa shape index (κ3) is 4.42. The average molecular weight is 394 g/mol. The SMILES string of the molecule is Cl.Cl.NC1Cc2ncccc2N(Cc2ccc(C(F)(F)F)cc2)C1=O. The van der Waals surface area contributed by atoms with Crippen LogP contribution in [-0.4, -0.2) is 16.9 Å². The molecule has 3 rings (SSSR count). The van der Waals surface area contributed by atoms with Crippen molar-refractivity contribution < 1.29 is 18.0 Å². The van der Waals surface area contributed by atoms with Crippen molar-refractivity contribution in [2.45, 2.75) is 25.2 Å². The van der Waals surface area contributed by atoms with E-state index in [1.807, 2.05) is 0 Å². The number of carbonyl (C=O) groups excluding carboxylic acids is 1. The number of hydrogen-bond acceptors (Lipinski definition) is 3. The fourth-order valence-electron chi connectivity index (χ4n) is 2.59. The zero-order valence-corrected chi connectivity index (χ0v) is 14.5. The fourth-order valence-corrected chi connectivity index (χ4v) is 2.59. The van der Waals surface area contributed by atoms with Gasteiger partial charge in [-0.3, -0.25) is 9.78 Å². The largest absolute Gasteiger partial charge is 0.416 e. The van der Waals surface area contributed by atoms with Crippen LogP contribution in [0.25, 0.3) is 0 Å². The third-order valence-corrected chi connectivity index (χ3v) is 3.78. The summed E-state index contributed by atoms with van der Waals surface area (Å²) < 4.78 is 37.8. The Balaban J connectivity index is 0.00000156. The molecular formula is C16H16Cl2F3N3O. The number of amides is 1. The van der Waals surface area contributed by atoms with Crippen LogP contribution >= 0.6 is 24.8 Å². The molecule has 1 unspecified atom stereocenters. The Bertz CT molecular complexity index is 738. The van der Waals surface area contributed by atoms with Gasteiger partial charge in [-0.2, -0.15) is 13.2 Å². The molecule has 9 heteroatoms. The summed E-state index contributed by atoms with van der Waals surface area (Å²) in [5.41, 5.74) is 7.08. The Labute approximate surface area is 155 Å². The molecule has 1 amide bonds. The van der Waals surface area contributed by atoms with Crippen molar-refractivity contribution in [3.63, 3.8) is 0 Å². The lowest BCUT2D eigenvalue weighted by atomic mass is 10.0. The number of benzene rings is 1. The van der Waals surface area contributed by atoms with E-state index in [2.05, 4.69) is 4.98 Å². The van der Waals surface area contributed by atoms with Crippen LogP contribution in [0.3, 0.4) is 0 Å². The number of hydrogen-bond donors (Lipinski definition) is 1. The van der Waals surface area contributed by atoms with E-state index < -0.39 is 17.8 Å². The van der Waals surface area contributed by atoms with E-state index in [0.29, 0.717) is 23.4 Å². The number of alkyl halides is 3. The molecule has 0 saturated heterocycles. The van der Waals surface area contributed by atoms with Crippen molar-refractivity contribution >= 4 is 36.4 Å². The van der Waals surface area contributed by atoms with Gasteiger partial charge < -0.3 is 10.6 Å². The molecule has 0 spiro atoms. The summed E-state index contributed by atoms with van der Waals surface area (Å²) in [6.45, 7) is 0.156. The van der Waals surface area contributed by atoms with E-state index in [0.717, 1.165) is 12.1 Å². The summed E-state index contributed by atoms with van der Waals surface area (Å²) >= 11 is 0. The normalized spacial score (nSPS) is 16.6. The highest BCUT2D eigenvalue weighted by Crippen LogP contribution is 2.30. The monoisotopic (exact) mass is 393 g/mol. The smallest absolute Gasteiger partial charge is 0.320 e. The molecule has 1 aromatic heterocycles. The molecule has 2 heterocycles. The Morgan fingerprint density at radius 3 is 2.40 bits per heavy atom. The molecule has 0 saturated carbocycles. The van der Waals surface area contributed by atoms with Gasteiger partial charge in [0.25, 0.3) is 0 Å². The molecule has 0 fully saturated rings. The third-order valence-electron chi connectivity index (χ3n) is 3.78. The van der Waals surface area contributed by atoms with E-state index in [1.165, 1.54) is 17.0 Å². The number of anilines is 1. The van der Waals surface area contributed by atoms with Crippen LogP contribution in [0.15, 0.2) is 42.6 Å². The van der Waals surface area contributed by atoms with Gasteiger partial charge in [0.2, 0.25) is 5.91 Å². The summed E-state index contributed by atoms with van der Waals surface area (Å²) in [4.78, 5) is 18.0. The van der Waals surface area contributed by atoms with E-state index in [9.17, 15) is 18.0 Å². The van der Waals surface area contributed by atoms with Crippen LogP contribution in [0.1, 0.15) is 16.8 Å². The summed E-state index contributed by atoms with van der Waals surface area (Å²) in [6, 6.07) is 7.53. The van der Waals surface area contributed by atoms with Crippen molar-refractivity contribution in [3.05, 3.63) is 59.4 Å². The van der Waals surface area contributed by atoms with Gasteiger partial charge in [-0.25, -0.2) is 0 Å². The summed E-state index contributed by atoms with van der Waals surface area (Å²) in [7, 11) is 0. The maximum absolute atomic E-state index is 12.6. The van der Waals surface area contributed by atoms with Crippen LogP contribution in [-0.2, 0) is 23.9 Å². The molecule has 25 heavy (non-hydrogen) atoms. The van der Waals surface area contributed by atoms with Crippen LogP contribution in [0.5, 0.6) is 0 Å². The highest BCUT2D eigenvalue weighted by Gasteiger charge is 2.32. The van der Waals surface area contributed by atoms with Gasteiger partial charge in [0.05, 0.1) is 29.5 Å². The minimum Gasteiger partial charge on any atom is -0.320 e. The number of nitrogens with zero attached hydrogens (tertiary/aromatic N) is 2. The zero-order valence-electron chi connectivity index (χ0n) is 12.9. The van der Waals surface area contributed by atoms with Gasteiger partial charge in [-0.1, -0.05) is 12.1 Å². The van der Waals surface area contributed by atoms with Gasteiger partial charge in [0.1, 0.15) is 0 Å². The second-order valence-electron chi connectivity index (χ2n) is 5.40. The van der Waals surface area contributed by atoms with Gasteiger partial charge in [0, 0.05) is 12.6 Å². The summed E-state index contributed by atoms with van der Waals surface area (Å²) in [6.07, 6.45) is -2.39. The van der Waals surface area contributed by atoms with Crippen molar-refractivity contribution in [1.82, 2.24) is 4.98 Å². The quantitative estimate of drug-likeness (QED) is 0.850. The maximum atomic E-state index is 12.6. The molecule has 2 aromatic rings. The van der Waals surface area contributed by atoms with Crippen LogP contribution in [0.2, 0.25) is 0 Å². The predicted octanol–water partition coefficient (Wildman–Crippen LogP) is 3.36. The van der Waals surface area contributed by atoms with Crippen LogP contribution < -0.4 is 10.6 Å².